The molecule has 0 amide bonds. The minimum Gasteiger partial charge on any atom is -0.598 e. The molecule has 0 radical (unpaired) electrons. The van der Waals surface area contributed by atoms with Crippen LogP contribution in [0.5, 0.6) is 0 Å². The van der Waals surface area contributed by atoms with E-state index in [0.29, 0.717) is 88.3 Å². The van der Waals surface area contributed by atoms with E-state index in [-0.39, 0.29) is 33.8 Å². The van der Waals surface area contributed by atoms with Gasteiger partial charge >= 0.3 is 0 Å². The third-order valence-corrected chi connectivity index (χ3v) is 22.8. The number of piperazine rings is 2. The SMILES string of the molecule is CC(C)(C)[S+](N)[O-].Cn1cc(-c2cc3c(Cl)ncnn3c2)cn1.Cn1cc(-c2cc3c(N4CCN(c5ncc(C(=N[S+]([O-])C(C)(C)C)c6ccc(F)cc6)cn5)CC4)ncnn3c2)cn1.Cn1cc(-c2cc3c(N4CCN(c5ncc(C(=O)c6ccc(F)cc6)cn5)CC4)ncnn3c2)cn1.O=C(c1ccc(F)cc1)c1cnc(N2CCCCC2)nc1. The molecule has 3 aliphatic heterocycles. The molecule has 15 heterocycles. The van der Waals surface area contributed by atoms with Gasteiger partial charge in [0.1, 0.15) is 79.6 Å². The van der Waals surface area contributed by atoms with Crippen molar-refractivity contribution >= 4 is 97.6 Å². The highest BCUT2D eigenvalue weighted by atomic mass is 35.5. The number of fused-ring (bicyclic) bond motifs is 3. The highest BCUT2D eigenvalue weighted by molar-refractivity contribution is 7.91. The Bertz CT molecular complexity index is 6090. The molecule has 3 fully saturated rings. The van der Waals surface area contributed by atoms with Crippen LogP contribution in [-0.4, -0.2) is 204 Å². The van der Waals surface area contributed by atoms with Gasteiger partial charge in [-0.05, 0) is 152 Å². The number of benzene rings is 3. The Hall–Kier alpha value is -12.9. The van der Waals surface area contributed by atoms with Gasteiger partial charge in [-0.3, -0.25) is 23.6 Å². The number of aryl methyl sites for hydroxylation is 3. The predicted molar refractivity (Wildman–Crippen MR) is 463 cm³/mol. The van der Waals surface area contributed by atoms with E-state index in [0.717, 1.165) is 114 Å². The molecule has 0 aliphatic carbocycles. The first kappa shape index (κ1) is 85.5. The van der Waals surface area contributed by atoms with Crippen LogP contribution in [0.25, 0.3) is 49.9 Å². The van der Waals surface area contributed by atoms with Gasteiger partial charge in [-0.15, -0.1) is 0 Å². The van der Waals surface area contributed by atoms with E-state index >= 15 is 0 Å². The minimum absolute atomic E-state index is 0.194. The molecule has 628 valence electrons. The summed E-state index contributed by atoms with van der Waals surface area (Å²) in [6, 6.07) is 23.0. The number of rotatable bonds is 15. The van der Waals surface area contributed by atoms with Gasteiger partial charge in [0.15, 0.2) is 28.4 Å². The second kappa shape index (κ2) is 37.8. The van der Waals surface area contributed by atoms with Crippen molar-refractivity contribution in [3.8, 4) is 33.4 Å². The molecule has 3 aliphatic rings. The van der Waals surface area contributed by atoms with Crippen LogP contribution in [0.2, 0.25) is 5.15 Å². The number of nitrogens with zero attached hydrogens (tertiary/aromatic N) is 27. The maximum Gasteiger partial charge on any atom is 0.225 e. The van der Waals surface area contributed by atoms with Crippen LogP contribution in [0, 0.1) is 17.5 Å². The minimum atomic E-state index is -1.52. The van der Waals surface area contributed by atoms with Gasteiger partial charge in [-0.2, -0.15) is 35.7 Å². The third kappa shape index (κ3) is 20.9. The van der Waals surface area contributed by atoms with Crippen LogP contribution < -0.4 is 29.6 Å². The zero-order valence-corrected chi connectivity index (χ0v) is 70.7. The number of hydrogen-bond acceptors (Lipinski definition) is 26. The van der Waals surface area contributed by atoms with Crippen molar-refractivity contribution in [1.29, 1.82) is 0 Å². The Labute approximate surface area is 711 Å². The predicted octanol–water partition coefficient (Wildman–Crippen LogP) is 11.3. The highest BCUT2D eigenvalue weighted by Crippen LogP contribution is 2.32. The van der Waals surface area contributed by atoms with Crippen molar-refractivity contribution in [2.24, 2.45) is 30.7 Å². The summed E-state index contributed by atoms with van der Waals surface area (Å²) < 4.78 is 77.3. The summed E-state index contributed by atoms with van der Waals surface area (Å²) in [4.78, 5) is 75.4. The Kier molecular flexibility index (Phi) is 26.5. The fourth-order valence-electron chi connectivity index (χ4n) is 13.2. The first-order valence-corrected chi connectivity index (χ1v) is 41.7. The fourth-order valence-corrected chi connectivity index (χ4v) is 14.0. The zero-order valence-electron chi connectivity index (χ0n) is 68.4. The van der Waals surface area contributed by atoms with Gasteiger partial charge in [-0.1, -0.05) is 16.0 Å². The lowest BCUT2D eigenvalue weighted by Gasteiger charge is -2.35. The normalized spacial score (nSPS) is 14.4. The van der Waals surface area contributed by atoms with Crippen LogP contribution in [0.3, 0.4) is 0 Å². The molecule has 15 aromatic rings. The summed E-state index contributed by atoms with van der Waals surface area (Å²) in [6.45, 7) is 18.8. The summed E-state index contributed by atoms with van der Waals surface area (Å²) >= 11 is 3.27. The van der Waals surface area contributed by atoms with E-state index in [4.69, 9.17) is 16.7 Å². The number of nitrogens with two attached hydrogens (primary N) is 1. The number of carbonyl (C=O) groups is 2. The molecule has 122 heavy (non-hydrogen) atoms. The lowest BCUT2D eigenvalue weighted by molar-refractivity contribution is 0.103. The maximum atomic E-state index is 13.6. The van der Waals surface area contributed by atoms with Gasteiger partial charge in [0.05, 0.1) is 29.7 Å². The van der Waals surface area contributed by atoms with Crippen LogP contribution in [0.1, 0.15) is 104 Å². The lowest BCUT2D eigenvalue weighted by atomic mass is 10.1. The van der Waals surface area contributed by atoms with E-state index in [1.165, 1.54) is 85.8 Å². The van der Waals surface area contributed by atoms with E-state index < -0.39 is 27.5 Å². The number of anilines is 5. The Morgan fingerprint density at radius 2 is 0.705 bits per heavy atom. The molecule has 0 bridgehead atoms. The largest absolute Gasteiger partial charge is 0.598 e. The van der Waals surface area contributed by atoms with E-state index in [1.54, 1.807) is 74.3 Å². The maximum absolute atomic E-state index is 13.6. The van der Waals surface area contributed by atoms with E-state index in [1.807, 2.05) is 127 Å². The topological polar surface area (TPSA) is 356 Å². The Morgan fingerprint density at radius 3 is 1.04 bits per heavy atom. The number of piperidine rings is 1. The number of hydrogen-bond donors (Lipinski definition) is 1. The summed E-state index contributed by atoms with van der Waals surface area (Å²) in [5, 5.41) is 31.0. The smallest absolute Gasteiger partial charge is 0.225 e. The van der Waals surface area contributed by atoms with Crippen molar-refractivity contribution in [2.45, 2.75) is 70.3 Å². The fraction of sp³-hybridized carbons (Fsp3) is 0.286. The van der Waals surface area contributed by atoms with E-state index in [2.05, 4.69) is 116 Å². The molecule has 2 atom stereocenters. The molecule has 12 aromatic heterocycles. The summed E-state index contributed by atoms with van der Waals surface area (Å²) in [5.41, 5.74) is 12.2. The Morgan fingerprint density at radius 1 is 0.385 bits per heavy atom. The molecule has 2 unspecified atom stereocenters. The molecule has 0 saturated carbocycles. The number of aromatic nitrogens is 21. The molecule has 32 nitrogen and oxygen atoms in total. The molecule has 2 N–H and O–H groups in total. The quantitative estimate of drug-likeness (QED) is 0.0566. The summed E-state index contributed by atoms with van der Waals surface area (Å²) in [5.74, 6) is 2.07. The molecule has 3 aromatic carbocycles. The number of carbonyl (C=O) groups excluding carboxylic acids is 2. The summed E-state index contributed by atoms with van der Waals surface area (Å²) in [6.07, 6.45) is 34.9. The molecule has 18 rings (SSSR count). The van der Waals surface area contributed by atoms with Crippen molar-refractivity contribution in [1.82, 2.24) is 103 Å². The van der Waals surface area contributed by atoms with Gasteiger partial charge in [-0.25, -0.2) is 71.6 Å². The van der Waals surface area contributed by atoms with Crippen LogP contribution >= 0.6 is 11.6 Å². The second-order valence-corrected chi connectivity index (χ2v) is 34.9. The molecule has 38 heteroatoms. The lowest BCUT2D eigenvalue weighted by Crippen LogP contribution is -2.47. The Balaban J connectivity index is 0.000000136. The second-order valence-electron chi connectivity index (χ2n) is 30.8. The molecule has 3 saturated heterocycles. The van der Waals surface area contributed by atoms with E-state index in [9.17, 15) is 31.9 Å². The van der Waals surface area contributed by atoms with Crippen molar-refractivity contribution in [3.05, 3.63) is 259 Å². The highest BCUT2D eigenvalue weighted by Gasteiger charge is 2.30. The number of halogens is 4. The van der Waals surface area contributed by atoms with Gasteiger partial charge in [0.25, 0.3) is 0 Å². The average molecular weight is 1710 g/mol. The van der Waals surface area contributed by atoms with Crippen molar-refractivity contribution < 1.29 is 31.9 Å². The molecular weight excluding hydrogens is 1620 g/mol. The monoisotopic (exact) mass is 1710 g/mol. The van der Waals surface area contributed by atoms with Crippen molar-refractivity contribution in [2.75, 3.05) is 89.9 Å². The zero-order chi connectivity index (χ0) is 85.9. The van der Waals surface area contributed by atoms with Crippen LogP contribution in [0.15, 0.2) is 207 Å². The van der Waals surface area contributed by atoms with Crippen LogP contribution in [-0.2, 0) is 43.9 Å². The molecular formula is C84H88ClF3N28O4S2. The number of ketones is 2. The van der Waals surface area contributed by atoms with Gasteiger partial charge in [0, 0.05) is 228 Å². The van der Waals surface area contributed by atoms with Crippen molar-refractivity contribution in [3.63, 3.8) is 0 Å². The summed E-state index contributed by atoms with van der Waals surface area (Å²) in [7, 11) is 5.67. The van der Waals surface area contributed by atoms with Crippen LogP contribution in [0.4, 0.5) is 42.7 Å². The van der Waals surface area contributed by atoms with Gasteiger partial charge in [0.2, 0.25) is 17.8 Å². The first-order chi connectivity index (χ1) is 58.6. The third-order valence-electron chi connectivity index (χ3n) is 20.0. The average Bonchev–Trinajstić information content (AvgIpc) is 1.62. The standard InChI is InChI=1S/C29H31FN10OS.C25H22FN9O.C16H16FN3O.C10H8ClN5.C4H11NOS/c1-29(2,3)42(41)36-26(20-5-7-24(30)8-6-20)22-14-31-28(32-15-22)39-11-9-38(10-12-39)27-25-13-21(18-40(25)35-19-33-27)23-16-34-37(4)17-23;1-32-14-20(13-30-32)18-10-22-24(29-16-31-35(22)15-18)33-6-8-34(9-7-33)25-27-11-19(12-28-25)23(36)17-2-4-21(26)5-3-17;17-14-6-4-12(5-7-14)15(21)13-10-18-16(19-11-13)20-8-2-1-3-9-20;1-15-4-8(3-13-15)7-2-9-10(11)12-6-14-16(9)5-7;1-4(2,3)7(5)6/h5-8,13-19H,9-12H2,1-4H3;2-5,10-16H,6-9H2,1H3;4-7,10-11H,1-3,8-9H2;2-6H,1H3;5H2,1-3H3. The van der Waals surface area contributed by atoms with Gasteiger partial charge < -0.3 is 33.6 Å². The molecule has 0 spiro atoms. The first-order valence-electron chi connectivity index (χ1n) is 39.0.